The first kappa shape index (κ1) is 7.60. The predicted octanol–water partition coefficient (Wildman–Crippen LogP) is 1.15. The largest absolute Gasteiger partial charge is 0.504 e. The van der Waals surface area contributed by atoms with Gasteiger partial charge in [-0.3, -0.25) is 4.99 Å². The molecule has 3 nitrogen and oxygen atoms in total. The molecule has 2 N–H and O–H groups in total. The summed E-state index contributed by atoms with van der Waals surface area (Å²) in [4.78, 5) is 3.71. The second-order valence-electron chi connectivity index (χ2n) is 2.10. The van der Waals surface area contributed by atoms with Gasteiger partial charge >= 0.3 is 0 Å². The third-order valence-electron chi connectivity index (χ3n) is 1.31. The molecule has 0 aliphatic carbocycles. The van der Waals surface area contributed by atoms with Crippen LogP contribution in [0, 0.1) is 0 Å². The van der Waals surface area contributed by atoms with Gasteiger partial charge in [-0.05, 0) is 12.1 Å². The number of nitrogens with zero attached hydrogens (tertiary/aromatic N) is 1. The quantitative estimate of drug-likeness (QED) is 0.467. The van der Waals surface area contributed by atoms with Crippen LogP contribution >= 0.6 is 0 Å². The van der Waals surface area contributed by atoms with Crippen molar-refractivity contribution in [2.75, 3.05) is 7.05 Å². The molecule has 0 unspecified atom stereocenters. The van der Waals surface area contributed by atoms with Gasteiger partial charge in [-0.1, -0.05) is 6.07 Å². The molecular weight excluding hydrogens is 142 g/mol. The Morgan fingerprint density at radius 2 is 2.09 bits per heavy atom. The smallest absolute Gasteiger partial charge is 0.166 e. The number of hydrogen-bond acceptors (Lipinski definition) is 3. The molecule has 0 fully saturated rings. The highest BCUT2D eigenvalue weighted by molar-refractivity contribution is 5.84. The second kappa shape index (κ2) is 3.05. The molecule has 1 aromatic carbocycles. The van der Waals surface area contributed by atoms with Crippen molar-refractivity contribution < 1.29 is 10.2 Å². The Bertz CT molecular complexity index is 281. The molecule has 11 heavy (non-hydrogen) atoms. The minimum absolute atomic E-state index is 0.123. The first-order chi connectivity index (χ1) is 5.25. The molecule has 3 heteroatoms. The first-order valence-electron chi connectivity index (χ1n) is 3.19. The number of hydrogen-bond donors (Lipinski definition) is 2. The minimum atomic E-state index is -0.127. The molecule has 0 atom stereocenters. The van der Waals surface area contributed by atoms with Crippen LogP contribution in [0.1, 0.15) is 5.56 Å². The molecular formula is C8H9NO2. The maximum atomic E-state index is 9.19. The van der Waals surface area contributed by atoms with Crippen LogP contribution in [0.5, 0.6) is 11.5 Å². The number of phenolic OH excluding ortho intramolecular Hbond substituents is 2. The third kappa shape index (κ3) is 1.49. The van der Waals surface area contributed by atoms with E-state index < -0.39 is 0 Å². The van der Waals surface area contributed by atoms with Gasteiger partial charge in [0.05, 0.1) is 0 Å². The summed E-state index contributed by atoms with van der Waals surface area (Å²) >= 11 is 0. The topological polar surface area (TPSA) is 52.8 Å². The molecule has 0 radical (unpaired) electrons. The van der Waals surface area contributed by atoms with Crippen molar-refractivity contribution in [3.63, 3.8) is 0 Å². The van der Waals surface area contributed by atoms with E-state index in [2.05, 4.69) is 4.99 Å². The lowest BCUT2D eigenvalue weighted by Gasteiger charge is -1.98. The zero-order chi connectivity index (χ0) is 8.27. The summed E-state index contributed by atoms with van der Waals surface area (Å²) in [7, 11) is 1.60. The Morgan fingerprint density at radius 1 is 1.36 bits per heavy atom. The Hall–Kier alpha value is -1.51. The van der Waals surface area contributed by atoms with Gasteiger partial charge in [0.15, 0.2) is 11.5 Å². The van der Waals surface area contributed by atoms with Crippen LogP contribution in [0.4, 0.5) is 0 Å². The third-order valence-corrected chi connectivity index (χ3v) is 1.31. The molecule has 0 heterocycles. The molecule has 1 aromatic rings. The first-order valence-corrected chi connectivity index (χ1v) is 3.19. The van der Waals surface area contributed by atoms with Gasteiger partial charge in [0.1, 0.15) is 0 Å². The molecule has 0 aromatic heterocycles. The average Bonchev–Trinajstić information content (AvgIpc) is 1.99. The van der Waals surface area contributed by atoms with Gasteiger partial charge in [0.2, 0.25) is 0 Å². The van der Waals surface area contributed by atoms with E-state index in [-0.39, 0.29) is 11.5 Å². The highest BCUT2D eigenvalue weighted by Crippen LogP contribution is 2.26. The number of para-hydroxylation sites is 1. The number of rotatable bonds is 1. The zero-order valence-electron chi connectivity index (χ0n) is 6.15. The van der Waals surface area contributed by atoms with Gasteiger partial charge in [0, 0.05) is 18.8 Å². The number of phenols is 2. The fourth-order valence-electron chi connectivity index (χ4n) is 0.792. The Morgan fingerprint density at radius 3 is 2.73 bits per heavy atom. The van der Waals surface area contributed by atoms with E-state index >= 15 is 0 Å². The van der Waals surface area contributed by atoms with Crippen molar-refractivity contribution in [1.29, 1.82) is 0 Å². The number of benzene rings is 1. The highest BCUT2D eigenvalue weighted by atomic mass is 16.3. The number of aliphatic imine (C=N–C) groups is 1. The highest BCUT2D eigenvalue weighted by Gasteiger charge is 2.01. The van der Waals surface area contributed by atoms with Gasteiger partial charge < -0.3 is 10.2 Å². The van der Waals surface area contributed by atoms with Gasteiger partial charge in [-0.2, -0.15) is 0 Å². The summed E-state index contributed by atoms with van der Waals surface area (Å²) in [6.45, 7) is 0. The summed E-state index contributed by atoms with van der Waals surface area (Å²) < 4.78 is 0. The zero-order valence-corrected chi connectivity index (χ0v) is 6.15. The van der Waals surface area contributed by atoms with Crippen LogP contribution < -0.4 is 0 Å². The molecule has 58 valence electrons. The van der Waals surface area contributed by atoms with Crippen molar-refractivity contribution in [1.82, 2.24) is 0 Å². The second-order valence-corrected chi connectivity index (χ2v) is 2.10. The lowest BCUT2D eigenvalue weighted by atomic mass is 10.2. The van der Waals surface area contributed by atoms with Crippen LogP contribution in [0.25, 0.3) is 0 Å². The summed E-state index contributed by atoms with van der Waals surface area (Å²) in [5, 5.41) is 18.2. The Labute approximate surface area is 64.6 Å². The van der Waals surface area contributed by atoms with Crippen molar-refractivity contribution >= 4 is 6.21 Å². The lowest BCUT2D eigenvalue weighted by molar-refractivity contribution is 0.403. The van der Waals surface area contributed by atoms with Crippen LogP contribution in [-0.4, -0.2) is 23.5 Å². The standard InChI is InChI=1S/C8H9NO2/c1-9-5-6-3-2-4-7(10)8(6)11/h2-5,10-11H,1H3. The molecule has 0 amide bonds. The van der Waals surface area contributed by atoms with Crippen molar-refractivity contribution in [2.45, 2.75) is 0 Å². The van der Waals surface area contributed by atoms with Crippen LogP contribution in [0.3, 0.4) is 0 Å². The SMILES string of the molecule is CN=Cc1cccc(O)c1O. The Balaban J connectivity index is 3.16. The van der Waals surface area contributed by atoms with E-state index in [9.17, 15) is 5.11 Å². The van der Waals surface area contributed by atoms with E-state index in [1.165, 1.54) is 12.3 Å². The van der Waals surface area contributed by atoms with Gasteiger partial charge in [-0.15, -0.1) is 0 Å². The average molecular weight is 151 g/mol. The van der Waals surface area contributed by atoms with E-state index in [1.807, 2.05) is 0 Å². The molecule has 0 aliphatic rings. The summed E-state index contributed by atoms with van der Waals surface area (Å²) in [6, 6.07) is 4.73. The fourth-order valence-corrected chi connectivity index (χ4v) is 0.792. The molecule has 0 aliphatic heterocycles. The minimum Gasteiger partial charge on any atom is -0.504 e. The molecule has 0 spiro atoms. The maximum Gasteiger partial charge on any atom is 0.166 e. The lowest BCUT2D eigenvalue weighted by Crippen LogP contribution is -1.81. The van der Waals surface area contributed by atoms with E-state index in [4.69, 9.17) is 5.11 Å². The van der Waals surface area contributed by atoms with E-state index in [0.717, 1.165) is 0 Å². The van der Waals surface area contributed by atoms with Gasteiger partial charge in [-0.25, -0.2) is 0 Å². The predicted molar refractivity (Wildman–Crippen MR) is 43.3 cm³/mol. The van der Waals surface area contributed by atoms with Crippen molar-refractivity contribution in [2.24, 2.45) is 4.99 Å². The maximum absolute atomic E-state index is 9.19. The molecule has 0 bridgehead atoms. The molecule has 1 rings (SSSR count). The van der Waals surface area contributed by atoms with E-state index in [0.29, 0.717) is 5.56 Å². The van der Waals surface area contributed by atoms with Gasteiger partial charge in [0.25, 0.3) is 0 Å². The van der Waals surface area contributed by atoms with Crippen LogP contribution in [-0.2, 0) is 0 Å². The Kier molecular flexibility index (Phi) is 2.11. The van der Waals surface area contributed by atoms with E-state index in [1.54, 1.807) is 19.2 Å². The summed E-state index contributed by atoms with van der Waals surface area (Å²) in [5.74, 6) is -0.250. The summed E-state index contributed by atoms with van der Waals surface area (Å²) in [6.07, 6.45) is 1.48. The van der Waals surface area contributed by atoms with Crippen LogP contribution in [0.15, 0.2) is 23.2 Å². The summed E-state index contributed by atoms with van der Waals surface area (Å²) in [5.41, 5.74) is 0.521. The molecule has 0 saturated heterocycles. The molecule has 0 saturated carbocycles. The van der Waals surface area contributed by atoms with Crippen LogP contribution in [0.2, 0.25) is 0 Å². The van der Waals surface area contributed by atoms with Crippen molar-refractivity contribution in [3.8, 4) is 11.5 Å². The number of aromatic hydroxyl groups is 2. The van der Waals surface area contributed by atoms with Crippen molar-refractivity contribution in [3.05, 3.63) is 23.8 Å². The fraction of sp³-hybridized carbons (Fsp3) is 0.125. The monoisotopic (exact) mass is 151 g/mol. The normalized spacial score (nSPS) is 10.6.